The zero-order chi connectivity index (χ0) is 15.2. The molecule has 1 amide bonds. The van der Waals surface area contributed by atoms with Crippen molar-refractivity contribution < 1.29 is 14.3 Å². The van der Waals surface area contributed by atoms with Crippen molar-refractivity contribution in [3.8, 4) is 11.5 Å². The van der Waals surface area contributed by atoms with Crippen LogP contribution in [0.2, 0.25) is 0 Å². The van der Waals surface area contributed by atoms with Crippen molar-refractivity contribution in [3.63, 3.8) is 0 Å². The molecular weight excluding hydrogens is 268 g/mol. The molecule has 0 saturated carbocycles. The molecule has 1 fully saturated rings. The van der Waals surface area contributed by atoms with Gasteiger partial charge in [-0.05, 0) is 30.9 Å². The summed E-state index contributed by atoms with van der Waals surface area (Å²) >= 11 is 0. The molecule has 1 aliphatic heterocycles. The average molecular weight is 292 g/mol. The van der Waals surface area contributed by atoms with Crippen LogP contribution in [0.25, 0.3) is 0 Å². The molecule has 0 bridgehead atoms. The Morgan fingerprint density at radius 3 is 2.90 bits per heavy atom. The first-order valence-electron chi connectivity index (χ1n) is 7.40. The zero-order valence-electron chi connectivity index (χ0n) is 12.7. The summed E-state index contributed by atoms with van der Waals surface area (Å²) in [5, 5.41) is 0. The lowest BCUT2D eigenvalue weighted by molar-refractivity contribution is -0.137. The Hall–Kier alpha value is -1.75. The van der Waals surface area contributed by atoms with E-state index in [4.69, 9.17) is 15.2 Å². The molecule has 1 saturated heterocycles. The van der Waals surface area contributed by atoms with Gasteiger partial charge >= 0.3 is 0 Å². The minimum atomic E-state index is 0.000157. The molecule has 2 rings (SSSR count). The van der Waals surface area contributed by atoms with Crippen LogP contribution < -0.4 is 15.2 Å². The van der Waals surface area contributed by atoms with Gasteiger partial charge in [0, 0.05) is 25.2 Å². The second-order valence-corrected chi connectivity index (χ2v) is 5.57. The fourth-order valence-electron chi connectivity index (χ4n) is 2.72. The molecule has 1 aromatic carbocycles. The van der Waals surface area contributed by atoms with E-state index in [9.17, 15) is 4.79 Å². The summed E-state index contributed by atoms with van der Waals surface area (Å²) < 4.78 is 10.7. The first-order chi connectivity index (χ1) is 10.1. The van der Waals surface area contributed by atoms with Gasteiger partial charge in [0.1, 0.15) is 11.5 Å². The highest BCUT2D eigenvalue weighted by Crippen LogP contribution is 2.23. The van der Waals surface area contributed by atoms with Gasteiger partial charge in [-0.1, -0.05) is 13.0 Å². The lowest BCUT2D eigenvalue weighted by Gasteiger charge is -2.37. The molecule has 0 aliphatic carbocycles. The molecule has 0 radical (unpaired) electrons. The van der Waals surface area contributed by atoms with Gasteiger partial charge in [-0.3, -0.25) is 4.79 Å². The number of nitrogens with zero attached hydrogens (tertiary/aromatic N) is 1. The molecule has 1 aliphatic rings. The second-order valence-electron chi connectivity index (χ2n) is 5.57. The topological polar surface area (TPSA) is 64.8 Å². The molecule has 0 aromatic heterocycles. The van der Waals surface area contributed by atoms with Crippen molar-refractivity contribution in [2.24, 2.45) is 11.7 Å². The minimum Gasteiger partial charge on any atom is -0.497 e. The molecule has 1 aromatic rings. The van der Waals surface area contributed by atoms with Crippen molar-refractivity contribution in [1.82, 2.24) is 4.90 Å². The lowest BCUT2D eigenvalue weighted by atomic mass is 9.92. The summed E-state index contributed by atoms with van der Waals surface area (Å²) in [6, 6.07) is 7.39. The largest absolute Gasteiger partial charge is 0.497 e. The predicted octanol–water partition coefficient (Wildman–Crippen LogP) is 1.66. The van der Waals surface area contributed by atoms with Crippen molar-refractivity contribution in [1.29, 1.82) is 0 Å². The van der Waals surface area contributed by atoms with Gasteiger partial charge in [-0.2, -0.15) is 0 Å². The van der Waals surface area contributed by atoms with Crippen LogP contribution in [-0.4, -0.2) is 43.7 Å². The SMILES string of the molecule is COc1cccc(OCC(=O)N2CCC(C)CC2CN)c1. The number of methoxy groups -OCH3 is 1. The first kappa shape index (κ1) is 15.6. The lowest BCUT2D eigenvalue weighted by Crippen LogP contribution is -2.50. The van der Waals surface area contributed by atoms with E-state index >= 15 is 0 Å². The summed E-state index contributed by atoms with van der Waals surface area (Å²) in [4.78, 5) is 14.2. The number of nitrogens with two attached hydrogens (primary N) is 1. The third kappa shape index (κ3) is 4.11. The molecule has 2 atom stereocenters. The van der Waals surface area contributed by atoms with Crippen LogP contribution in [0.5, 0.6) is 11.5 Å². The summed E-state index contributed by atoms with van der Waals surface area (Å²) in [7, 11) is 1.60. The number of ether oxygens (including phenoxy) is 2. The Morgan fingerprint density at radius 2 is 2.19 bits per heavy atom. The molecular formula is C16H24N2O3. The molecule has 0 spiro atoms. The Kier molecular flexibility index (Phi) is 5.44. The van der Waals surface area contributed by atoms with E-state index in [1.165, 1.54) is 0 Å². The van der Waals surface area contributed by atoms with Crippen LogP contribution in [-0.2, 0) is 4.79 Å². The van der Waals surface area contributed by atoms with Gasteiger partial charge in [-0.25, -0.2) is 0 Å². The molecule has 5 heteroatoms. The molecule has 5 nitrogen and oxygen atoms in total. The van der Waals surface area contributed by atoms with E-state index in [1.807, 2.05) is 23.1 Å². The second kappa shape index (κ2) is 7.31. The van der Waals surface area contributed by atoms with Gasteiger partial charge in [-0.15, -0.1) is 0 Å². The van der Waals surface area contributed by atoms with Gasteiger partial charge < -0.3 is 20.1 Å². The number of amides is 1. The van der Waals surface area contributed by atoms with Gasteiger partial charge in [0.2, 0.25) is 0 Å². The number of hydrogen-bond donors (Lipinski definition) is 1. The maximum atomic E-state index is 12.3. The van der Waals surface area contributed by atoms with Crippen molar-refractivity contribution in [2.45, 2.75) is 25.8 Å². The summed E-state index contributed by atoms with van der Waals surface area (Å²) in [5.41, 5.74) is 5.79. The van der Waals surface area contributed by atoms with Gasteiger partial charge in [0.05, 0.1) is 7.11 Å². The number of hydrogen-bond acceptors (Lipinski definition) is 4. The van der Waals surface area contributed by atoms with Crippen LogP contribution >= 0.6 is 0 Å². The summed E-state index contributed by atoms with van der Waals surface area (Å²) in [5.74, 6) is 1.98. The standard InChI is InChI=1S/C16H24N2O3/c1-12-6-7-18(13(8-12)10-17)16(19)11-21-15-5-3-4-14(9-15)20-2/h3-5,9,12-13H,6-8,10-11,17H2,1-2H3. The number of carbonyl (C=O) groups is 1. The van der Waals surface area contributed by atoms with E-state index in [0.717, 1.165) is 19.4 Å². The van der Waals surface area contributed by atoms with Crippen molar-refractivity contribution in [2.75, 3.05) is 26.8 Å². The van der Waals surface area contributed by atoms with E-state index in [-0.39, 0.29) is 18.6 Å². The predicted molar refractivity (Wildman–Crippen MR) is 81.4 cm³/mol. The van der Waals surface area contributed by atoms with Crippen LogP contribution in [0.3, 0.4) is 0 Å². The van der Waals surface area contributed by atoms with Crippen LogP contribution in [0, 0.1) is 5.92 Å². The zero-order valence-corrected chi connectivity index (χ0v) is 12.7. The number of benzene rings is 1. The highest BCUT2D eigenvalue weighted by atomic mass is 16.5. The fraction of sp³-hybridized carbons (Fsp3) is 0.562. The molecule has 1 heterocycles. The first-order valence-corrected chi connectivity index (χ1v) is 7.40. The van der Waals surface area contributed by atoms with Crippen LogP contribution in [0.4, 0.5) is 0 Å². The normalized spacial score (nSPS) is 22.0. The Morgan fingerprint density at radius 1 is 1.43 bits per heavy atom. The number of piperidine rings is 1. The number of likely N-dealkylation sites (tertiary alicyclic amines) is 1. The highest BCUT2D eigenvalue weighted by molar-refractivity contribution is 5.78. The summed E-state index contributed by atoms with van der Waals surface area (Å²) in [6.45, 7) is 3.52. The smallest absolute Gasteiger partial charge is 0.260 e. The van der Waals surface area contributed by atoms with Crippen molar-refractivity contribution in [3.05, 3.63) is 24.3 Å². The Bertz CT molecular complexity index is 478. The third-order valence-corrected chi connectivity index (χ3v) is 3.97. The quantitative estimate of drug-likeness (QED) is 0.896. The van der Waals surface area contributed by atoms with Gasteiger partial charge in [0.25, 0.3) is 5.91 Å². The third-order valence-electron chi connectivity index (χ3n) is 3.97. The molecule has 2 N–H and O–H groups in total. The number of rotatable bonds is 5. The van der Waals surface area contributed by atoms with Crippen molar-refractivity contribution >= 4 is 5.91 Å². The Labute approximate surface area is 126 Å². The van der Waals surface area contributed by atoms with Gasteiger partial charge in [0.15, 0.2) is 6.61 Å². The minimum absolute atomic E-state index is 0.000157. The maximum Gasteiger partial charge on any atom is 0.260 e. The molecule has 116 valence electrons. The van der Waals surface area contributed by atoms with E-state index in [2.05, 4.69) is 6.92 Å². The van der Waals surface area contributed by atoms with Crippen LogP contribution in [0.15, 0.2) is 24.3 Å². The Balaban J connectivity index is 1.91. The van der Waals surface area contributed by atoms with E-state index in [1.54, 1.807) is 13.2 Å². The molecule has 2 unspecified atom stereocenters. The number of carbonyl (C=O) groups excluding carboxylic acids is 1. The monoisotopic (exact) mass is 292 g/mol. The highest BCUT2D eigenvalue weighted by Gasteiger charge is 2.28. The summed E-state index contributed by atoms with van der Waals surface area (Å²) in [6.07, 6.45) is 2.00. The van der Waals surface area contributed by atoms with E-state index in [0.29, 0.717) is 24.0 Å². The fourth-order valence-corrected chi connectivity index (χ4v) is 2.72. The van der Waals surface area contributed by atoms with Crippen LogP contribution in [0.1, 0.15) is 19.8 Å². The molecule has 21 heavy (non-hydrogen) atoms. The van der Waals surface area contributed by atoms with E-state index < -0.39 is 0 Å². The average Bonchev–Trinajstić information content (AvgIpc) is 2.52. The maximum absolute atomic E-state index is 12.3.